The van der Waals surface area contributed by atoms with Crippen LogP contribution in [0.4, 0.5) is 26.3 Å². The average Bonchev–Trinajstić information content (AvgIpc) is 2.89. The second-order valence-electron chi connectivity index (χ2n) is 9.06. The predicted molar refractivity (Wildman–Crippen MR) is 134 cm³/mol. The van der Waals surface area contributed by atoms with Gasteiger partial charge in [-0.15, -0.1) is 0 Å². The summed E-state index contributed by atoms with van der Waals surface area (Å²) in [6, 6.07) is 17.7. The minimum absolute atomic E-state index is 0.0212. The van der Waals surface area contributed by atoms with E-state index < -0.39 is 40.6 Å². The molecular formula is C30H23F6NO2. The number of halogens is 6. The lowest BCUT2D eigenvalue weighted by Crippen LogP contribution is -2.49. The van der Waals surface area contributed by atoms with Gasteiger partial charge in [0.15, 0.2) is 11.6 Å². The SMILES string of the molecule is COc1cc(C(Cc2ccccc2)(NC(=O)c2ccc(F)c(C)c2)c2cc(F)cc(C(F)(F)F)c2)ccc1F. The van der Waals surface area contributed by atoms with E-state index in [0.29, 0.717) is 11.6 Å². The van der Waals surface area contributed by atoms with Gasteiger partial charge in [0, 0.05) is 12.0 Å². The number of aryl methyl sites for hydroxylation is 1. The van der Waals surface area contributed by atoms with Gasteiger partial charge in [-0.1, -0.05) is 36.4 Å². The lowest BCUT2D eigenvalue weighted by atomic mass is 9.77. The van der Waals surface area contributed by atoms with Crippen LogP contribution in [0.1, 0.15) is 38.2 Å². The second kappa shape index (κ2) is 10.8. The van der Waals surface area contributed by atoms with Gasteiger partial charge in [-0.05, 0) is 77.7 Å². The quantitative estimate of drug-likeness (QED) is 0.248. The summed E-state index contributed by atoms with van der Waals surface area (Å²) in [7, 11) is 1.21. The summed E-state index contributed by atoms with van der Waals surface area (Å²) in [5.41, 5.74) is -2.44. The molecule has 4 aromatic carbocycles. The average molecular weight is 544 g/mol. The molecule has 0 aliphatic carbocycles. The van der Waals surface area contributed by atoms with E-state index in [1.165, 1.54) is 38.3 Å². The third kappa shape index (κ3) is 5.92. The van der Waals surface area contributed by atoms with Gasteiger partial charge in [0.2, 0.25) is 0 Å². The summed E-state index contributed by atoms with van der Waals surface area (Å²) < 4.78 is 89.6. The fraction of sp³-hybridized carbons (Fsp3) is 0.167. The van der Waals surface area contributed by atoms with Crippen molar-refractivity contribution in [2.75, 3.05) is 7.11 Å². The molecule has 0 aromatic heterocycles. The highest BCUT2D eigenvalue weighted by Gasteiger charge is 2.40. The molecular weight excluding hydrogens is 520 g/mol. The summed E-state index contributed by atoms with van der Waals surface area (Å²) in [4.78, 5) is 13.6. The molecule has 0 radical (unpaired) electrons. The number of nitrogens with one attached hydrogen (secondary N) is 1. The molecule has 1 N–H and O–H groups in total. The number of benzene rings is 4. The summed E-state index contributed by atoms with van der Waals surface area (Å²) in [5, 5.41) is 2.78. The molecule has 0 bridgehead atoms. The van der Waals surface area contributed by atoms with Crippen molar-refractivity contribution in [1.29, 1.82) is 0 Å². The first-order valence-corrected chi connectivity index (χ1v) is 11.8. The fourth-order valence-corrected chi connectivity index (χ4v) is 4.44. The molecule has 0 fully saturated rings. The molecule has 0 heterocycles. The minimum Gasteiger partial charge on any atom is -0.494 e. The Labute approximate surface area is 221 Å². The van der Waals surface area contributed by atoms with Gasteiger partial charge >= 0.3 is 6.18 Å². The van der Waals surface area contributed by atoms with Gasteiger partial charge in [-0.3, -0.25) is 4.79 Å². The van der Waals surface area contributed by atoms with Crippen LogP contribution >= 0.6 is 0 Å². The number of carbonyl (C=O) groups excluding carboxylic acids is 1. The van der Waals surface area contributed by atoms with E-state index in [2.05, 4.69) is 5.32 Å². The number of hydrogen-bond acceptors (Lipinski definition) is 2. The van der Waals surface area contributed by atoms with Crippen LogP contribution in [0.25, 0.3) is 0 Å². The molecule has 0 saturated carbocycles. The predicted octanol–water partition coefficient (Wildman–Crippen LogP) is 7.36. The van der Waals surface area contributed by atoms with Crippen LogP contribution < -0.4 is 10.1 Å². The van der Waals surface area contributed by atoms with Gasteiger partial charge < -0.3 is 10.1 Å². The molecule has 4 rings (SSSR count). The summed E-state index contributed by atoms with van der Waals surface area (Å²) in [6.07, 6.45) is -5.04. The zero-order chi connectivity index (χ0) is 28.4. The summed E-state index contributed by atoms with van der Waals surface area (Å²) in [5.74, 6) is -3.48. The van der Waals surface area contributed by atoms with E-state index >= 15 is 0 Å². The van der Waals surface area contributed by atoms with Crippen LogP contribution in [0.2, 0.25) is 0 Å². The minimum atomic E-state index is -4.89. The standard InChI is InChI=1S/C30H23F6NO2/c1-18-12-20(8-10-25(18)32)28(38)37-29(17-19-6-4-3-5-7-19,21-9-11-26(33)27(16-21)39-2)22-13-23(30(34,35)36)15-24(31)14-22/h3-16H,17H2,1-2H3,(H,37,38). The maximum absolute atomic E-state index is 14.8. The molecule has 1 atom stereocenters. The van der Waals surface area contributed by atoms with E-state index in [1.807, 2.05) is 0 Å². The topological polar surface area (TPSA) is 38.3 Å². The van der Waals surface area contributed by atoms with Crippen molar-refractivity contribution in [1.82, 2.24) is 5.32 Å². The number of carbonyl (C=O) groups is 1. The smallest absolute Gasteiger partial charge is 0.416 e. The molecule has 0 aliphatic heterocycles. The molecule has 4 aromatic rings. The zero-order valence-electron chi connectivity index (χ0n) is 20.9. The van der Waals surface area contributed by atoms with Gasteiger partial charge in [0.1, 0.15) is 11.6 Å². The zero-order valence-corrected chi connectivity index (χ0v) is 20.9. The van der Waals surface area contributed by atoms with Gasteiger partial charge in [0.05, 0.1) is 18.2 Å². The van der Waals surface area contributed by atoms with E-state index in [1.54, 1.807) is 30.3 Å². The normalized spacial score (nSPS) is 13.0. The number of ether oxygens (including phenoxy) is 1. The largest absolute Gasteiger partial charge is 0.494 e. The highest BCUT2D eigenvalue weighted by atomic mass is 19.4. The lowest BCUT2D eigenvalue weighted by Gasteiger charge is -2.37. The summed E-state index contributed by atoms with van der Waals surface area (Å²) >= 11 is 0. The first-order chi connectivity index (χ1) is 18.4. The molecule has 202 valence electrons. The maximum Gasteiger partial charge on any atom is 0.416 e. The van der Waals surface area contributed by atoms with Gasteiger partial charge in [0.25, 0.3) is 5.91 Å². The van der Waals surface area contributed by atoms with Crippen molar-refractivity contribution in [3.63, 3.8) is 0 Å². The Bertz CT molecular complexity index is 1500. The Morgan fingerprint density at radius 1 is 0.795 bits per heavy atom. The number of alkyl halides is 3. The van der Waals surface area contributed by atoms with Crippen molar-refractivity contribution in [3.8, 4) is 5.75 Å². The first-order valence-electron chi connectivity index (χ1n) is 11.8. The van der Waals surface area contributed by atoms with Crippen molar-refractivity contribution in [2.45, 2.75) is 25.1 Å². The molecule has 0 saturated heterocycles. The highest BCUT2D eigenvalue weighted by molar-refractivity contribution is 5.95. The van der Waals surface area contributed by atoms with Gasteiger partial charge in [-0.2, -0.15) is 13.2 Å². The Balaban J connectivity index is 2.02. The van der Waals surface area contributed by atoms with Crippen LogP contribution in [0.5, 0.6) is 5.75 Å². The highest BCUT2D eigenvalue weighted by Crippen LogP contribution is 2.40. The van der Waals surface area contributed by atoms with Crippen molar-refractivity contribution < 1.29 is 35.9 Å². The Morgan fingerprint density at radius 2 is 1.46 bits per heavy atom. The molecule has 0 spiro atoms. The molecule has 0 aliphatic rings. The molecule has 1 amide bonds. The Morgan fingerprint density at radius 3 is 2.10 bits per heavy atom. The number of methoxy groups -OCH3 is 1. The molecule has 39 heavy (non-hydrogen) atoms. The van der Waals surface area contributed by atoms with E-state index in [4.69, 9.17) is 4.74 Å². The van der Waals surface area contributed by atoms with Crippen LogP contribution in [-0.2, 0) is 18.1 Å². The summed E-state index contributed by atoms with van der Waals surface area (Å²) in [6.45, 7) is 1.45. The van der Waals surface area contributed by atoms with Crippen LogP contribution in [0.15, 0.2) is 84.9 Å². The van der Waals surface area contributed by atoms with Crippen LogP contribution in [0.3, 0.4) is 0 Å². The third-order valence-corrected chi connectivity index (χ3v) is 6.42. The van der Waals surface area contributed by atoms with Crippen LogP contribution in [-0.4, -0.2) is 13.0 Å². The Hall–Kier alpha value is -4.27. The van der Waals surface area contributed by atoms with E-state index in [9.17, 15) is 31.1 Å². The maximum atomic E-state index is 14.8. The third-order valence-electron chi connectivity index (χ3n) is 6.42. The monoisotopic (exact) mass is 543 g/mol. The molecule has 1 unspecified atom stereocenters. The first kappa shape index (κ1) is 27.8. The van der Waals surface area contributed by atoms with Crippen molar-refractivity contribution >= 4 is 5.91 Å². The number of hydrogen-bond donors (Lipinski definition) is 1. The van der Waals surface area contributed by atoms with E-state index in [0.717, 1.165) is 24.3 Å². The van der Waals surface area contributed by atoms with E-state index in [-0.39, 0.29) is 34.4 Å². The number of amides is 1. The van der Waals surface area contributed by atoms with Crippen molar-refractivity contribution in [3.05, 3.63) is 136 Å². The Kier molecular flexibility index (Phi) is 7.72. The number of rotatable bonds is 7. The van der Waals surface area contributed by atoms with Crippen LogP contribution in [0, 0.1) is 24.4 Å². The molecule has 9 heteroatoms. The lowest BCUT2D eigenvalue weighted by molar-refractivity contribution is -0.137. The fourth-order valence-electron chi connectivity index (χ4n) is 4.44. The second-order valence-corrected chi connectivity index (χ2v) is 9.06. The van der Waals surface area contributed by atoms with Crippen molar-refractivity contribution in [2.24, 2.45) is 0 Å². The van der Waals surface area contributed by atoms with Gasteiger partial charge in [-0.25, -0.2) is 13.2 Å². The molecule has 3 nitrogen and oxygen atoms in total.